The second-order valence-corrected chi connectivity index (χ2v) is 6.96. The topological polar surface area (TPSA) is 70.0 Å². The van der Waals surface area contributed by atoms with Crippen molar-refractivity contribution in [2.24, 2.45) is 0 Å². The summed E-state index contributed by atoms with van der Waals surface area (Å²) in [5.74, 6) is -0.777. The van der Waals surface area contributed by atoms with Crippen molar-refractivity contribution in [3.63, 3.8) is 0 Å². The van der Waals surface area contributed by atoms with Crippen LogP contribution in [0.4, 0.5) is 10.1 Å². The third kappa shape index (κ3) is 3.53. The van der Waals surface area contributed by atoms with Crippen LogP contribution in [0.1, 0.15) is 5.56 Å². The van der Waals surface area contributed by atoms with Gasteiger partial charge in [0.15, 0.2) is 0 Å². The summed E-state index contributed by atoms with van der Waals surface area (Å²) in [4.78, 5) is -0.215. The molecule has 21 heavy (non-hydrogen) atoms. The number of nitriles is 1. The molecule has 0 aromatic heterocycles. The molecule has 0 unspecified atom stereocenters. The maximum atomic E-state index is 13.2. The summed E-state index contributed by atoms with van der Waals surface area (Å²) in [6.07, 6.45) is 0. The number of hydrogen-bond acceptors (Lipinski definition) is 3. The van der Waals surface area contributed by atoms with Crippen LogP contribution in [-0.2, 0) is 10.0 Å². The Bertz CT molecular complexity index is 850. The molecule has 108 valence electrons. The molecule has 2 aromatic carbocycles. The minimum atomic E-state index is -3.96. The molecule has 1 N–H and O–H groups in total. The number of halogens is 3. The number of hydrogen-bond donors (Lipinski definition) is 1. The molecule has 0 heterocycles. The second-order valence-electron chi connectivity index (χ2n) is 3.98. The van der Waals surface area contributed by atoms with E-state index >= 15 is 0 Å². The van der Waals surface area contributed by atoms with E-state index in [0.29, 0.717) is 9.50 Å². The van der Waals surface area contributed by atoms with Crippen LogP contribution < -0.4 is 4.72 Å². The van der Waals surface area contributed by atoms with Gasteiger partial charge in [0.05, 0.1) is 16.1 Å². The van der Waals surface area contributed by atoms with Crippen molar-refractivity contribution in [2.45, 2.75) is 4.90 Å². The quantitative estimate of drug-likeness (QED) is 0.865. The van der Waals surface area contributed by atoms with Crippen molar-refractivity contribution in [3.8, 4) is 6.07 Å². The van der Waals surface area contributed by atoms with Crippen molar-refractivity contribution in [1.29, 1.82) is 5.26 Å². The van der Waals surface area contributed by atoms with Gasteiger partial charge in [-0.05, 0) is 52.3 Å². The molecular weight excluding hydrogens is 383 g/mol. The number of benzene rings is 2. The molecule has 8 heteroatoms. The van der Waals surface area contributed by atoms with Gasteiger partial charge in [0.1, 0.15) is 11.9 Å². The third-order valence-corrected chi connectivity index (χ3v) is 4.83. The van der Waals surface area contributed by atoms with Crippen LogP contribution in [0.5, 0.6) is 0 Å². The maximum Gasteiger partial charge on any atom is 0.261 e. The van der Waals surface area contributed by atoms with Gasteiger partial charge in [-0.2, -0.15) is 5.26 Å². The Morgan fingerprint density at radius 1 is 1.24 bits per heavy atom. The molecule has 4 nitrogen and oxygen atoms in total. The fourth-order valence-corrected chi connectivity index (χ4v) is 3.28. The van der Waals surface area contributed by atoms with E-state index < -0.39 is 15.8 Å². The second kappa shape index (κ2) is 6.02. The Hall–Kier alpha value is -1.62. The SMILES string of the molecule is N#Cc1cc(S(=O)(=O)Nc2cc(Cl)ccc2Br)ccc1F. The van der Waals surface area contributed by atoms with Crippen LogP contribution in [-0.4, -0.2) is 8.42 Å². The molecule has 0 aliphatic carbocycles. The lowest BCUT2D eigenvalue weighted by molar-refractivity contribution is 0.599. The predicted octanol–water partition coefficient (Wildman–Crippen LogP) is 3.91. The van der Waals surface area contributed by atoms with E-state index in [1.807, 2.05) is 0 Å². The zero-order chi connectivity index (χ0) is 15.6. The molecule has 0 saturated carbocycles. The van der Waals surface area contributed by atoms with Crippen molar-refractivity contribution in [3.05, 3.63) is 57.3 Å². The van der Waals surface area contributed by atoms with E-state index in [-0.39, 0.29) is 16.1 Å². The zero-order valence-electron chi connectivity index (χ0n) is 10.3. The molecule has 2 rings (SSSR count). The lowest BCUT2D eigenvalue weighted by Crippen LogP contribution is -2.13. The van der Waals surface area contributed by atoms with Crippen LogP contribution in [0.3, 0.4) is 0 Å². The number of anilines is 1. The summed E-state index contributed by atoms with van der Waals surface area (Å²) in [5.41, 5.74) is -0.103. The predicted molar refractivity (Wildman–Crippen MR) is 81.1 cm³/mol. The Kier molecular flexibility index (Phi) is 4.52. The zero-order valence-corrected chi connectivity index (χ0v) is 13.4. The van der Waals surface area contributed by atoms with Gasteiger partial charge in [0.2, 0.25) is 0 Å². The van der Waals surface area contributed by atoms with E-state index in [2.05, 4.69) is 20.7 Å². The number of sulfonamides is 1. The molecule has 2 aromatic rings. The largest absolute Gasteiger partial charge is 0.278 e. The van der Waals surface area contributed by atoms with Crippen LogP contribution >= 0.6 is 27.5 Å². The monoisotopic (exact) mass is 388 g/mol. The van der Waals surface area contributed by atoms with Gasteiger partial charge in [-0.15, -0.1) is 0 Å². The lowest BCUT2D eigenvalue weighted by Gasteiger charge is -2.10. The number of nitrogens with zero attached hydrogens (tertiary/aromatic N) is 1. The average molecular weight is 390 g/mol. The van der Waals surface area contributed by atoms with Gasteiger partial charge < -0.3 is 0 Å². The molecule has 0 aliphatic heterocycles. The van der Waals surface area contributed by atoms with Crippen molar-refractivity contribution < 1.29 is 12.8 Å². The standard InChI is InChI=1S/C13H7BrClFN2O2S/c14-11-3-1-9(15)6-13(11)18-21(19,20)10-2-4-12(16)8(5-10)7-17/h1-6,18H. The van der Waals surface area contributed by atoms with E-state index in [4.69, 9.17) is 16.9 Å². The van der Waals surface area contributed by atoms with Crippen molar-refractivity contribution >= 4 is 43.2 Å². The van der Waals surface area contributed by atoms with Crippen molar-refractivity contribution in [2.75, 3.05) is 4.72 Å². The van der Waals surface area contributed by atoms with Crippen LogP contribution in [0.2, 0.25) is 5.02 Å². The van der Waals surface area contributed by atoms with Gasteiger partial charge in [-0.1, -0.05) is 11.6 Å². The van der Waals surface area contributed by atoms with Gasteiger partial charge in [-0.3, -0.25) is 4.72 Å². The van der Waals surface area contributed by atoms with Crippen molar-refractivity contribution in [1.82, 2.24) is 0 Å². The molecule has 0 aliphatic rings. The first-order valence-electron chi connectivity index (χ1n) is 5.51. The molecular formula is C13H7BrClFN2O2S. The smallest absolute Gasteiger partial charge is 0.261 e. The minimum Gasteiger partial charge on any atom is -0.278 e. The highest BCUT2D eigenvalue weighted by atomic mass is 79.9. The Morgan fingerprint density at radius 3 is 2.62 bits per heavy atom. The summed E-state index contributed by atoms with van der Waals surface area (Å²) in [7, 11) is -3.96. The summed E-state index contributed by atoms with van der Waals surface area (Å²) < 4.78 is 40.5. The maximum absolute atomic E-state index is 13.2. The summed E-state index contributed by atoms with van der Waals surface area (Å²) in [6.45, 7) is 0. The van der Waals surface area contributed by atoms with Crippen LogP contribution in [0.25, 0.3) is 0 Å². The molecule has 0 atom stereocenters. The molecule has 0 saturated heterocycles. The van der Waals surface area contributed by atoms with E-state index in [1.54, 1.807) is 18.2 Å². The number of rotatable bonds is 3. The third-order valence-electron chi connectivity index (χ3n) is 2.54. The summed E-state index contributed by atoms with van der Waals surface area (Å²) >= 11 is 9.01. The summed E-state index contributed by atoms with van der Waals surface area (Å²) in [6, 6.07) is 9.18. The van der Waals surface area contributed by atoms with E-state index in [0.717, 1.165) is 18.2 Å². The summed E-state index contributed by atoms with van der Waals surface area (Å²) in [5, 5.41) is 9.10. The highest BCUT2D eigenvalue weighted by molar-refractivity contribution is 9.10. The van der Waals surface area contributed by atoms with Gasteiger partial charge in [0.25, 0.3) is 10.0 Å². The first-order chi connectivity index (χ1) is 9.83. The highest BCUT2D eigenvalue weighted by Crippen LogP contribution is 2.28. The average Bonchev–Trinajstić information content (AvgIpc) is 2.43. The van der Waals surface area contributed by atoms with Gasteiger partial charge in [-0.25, -0.2) is 12.8 Å². The fraction of sp³-hybridized carbons (Fsp3) is 0. The molecule has 0 radical (unpaired) electrons. The van der Waals surface area contributed by atoms with Crippen LogP contribution in [0.15, 0.2) is 45.8 Å². The fourth-order valence-electron chi connectivity index (χ4n) is 1.54. The van der Waals surface area contributed by atoms with Gasteiger partial charge in [0, 0.05) is 9.50 Å². The Balaban J connectivity index is 2.44. The molecule has 0 bridgehead atoms. The normalized spacial score (nSPS) is 11.0. The first kappa shape index (κ1) is 15.8. The van der Waals surface area contributed by atoms with E-state index in [1.165, 1.54) is 6.07 Å². The molecule has 0 amide bonds. The molecule has 0 fully saturated rings. The number of nitrogens with one attached hydrogen (secondary N) is 1. The van der Waals surface area contributed by atoms with Crippen LogP contribution in [0, 0.1) is 17.1 Å². The highest BCUT2D eigenvalue weighted by Gasteiger charge is 2.18. The minimum absolute atomic E-state index is 0.215. The Labute approximate surface area is 134 Å². The Morgan fingerprint density at radius 2 is 1.95 bits per heavy atom. The first-order valence-corrected chi connectivity index (χ1v) is 8.16. The van der Waals surface area contributed by atoms with E-state index in [9.17, 15) is 12.8 Å². The lowest BCUT2D eigenvalue weighted by atomic mass is 10.2. The molecule has 0 spiro atoms. The van der Waals surface area contributed by atoms with Gasteiger partial charge >= 0.3 is 0 Å².